The second kappa shape index (κ2) is 10.2. The monoisotopic (exact) mass is 481 g/mol. The smallest absolute Gasteiger partial charge is 0.227 e. The summed E-state index contributed by atoms with van der Waals surface area (Å²) in [6, 6.07) is 22.8. The van der Waals surface area contributed by atoms with Gasteiger partial charge in [-0.2, -0.15) is 0 Å². The average molecular weight is 482 g/mol. The van der Waals surface area contributed by atoms with Gasteiger partial charge in [-0.3, -0.25) is 4.79 Å². The Morgan fingerprint density at radius 3 is 2.61 bits per heavy atom. The molecule has 3 aromatic carbocycles. The normalized spacial score (nSPS) is 15.9. The molecular weight excluding hydrogens is 446 g/mol. The predicted octanol–water partition coefficient (Wildman–Crippen LogP) is 6.77. The van der Waals surface area contributed by atoms with Gasteiger partial charge in [-0.25, -0.2) is 4.98 Å². The number of benzene rings is 3. The molecule has 1 fully saturated rings. The van der Waals surface area contributed by atoms with E-state index < -0.39 is 0 Å². The van der Waals surface area contributed by atoms with E-state index >= 15 is 0 Å². The maximum Gasteiger partial charge on any atom is 0.227 e. The number of ether oxygens (including phenoxy) is 1. The summed E-state index contributed by atoms with van der Waals surface area (Å²) in [5.41, 5.74) is 6.69. The van der Waals surface area contributed by atoms with Crippen LogP contribution in [0.5, 0.6) is 5.75 Å². The first-order chi connectivity index (χ1) is 17.4. The molecule has 0 aliphatic carbocycles. The summed E-state index contributed by atoms with van der Waals surface area (Å²) in [4.78, 5) is 20.0. The number of carbonyl (C=O) groups is 1. The minimum absolute atomic E-state index is 0.0631. The number of nitrogens with zero attached hydrogens (tertiary/aromatic N) is 3. The molecule has 1 saturated heterocycles. The van der Waals surface area contributed by atoms with E-state index in [4.69, 9.17) is 9.72 Å². The van der Waals surface area contributed by atoms with E-state index in [1.807, 2.05) is 17.0 Å². The molecule has 5 rings (SSSR count). The van der Waals surface area contributed by atoms with Gasteiger partial charge < -0.3 is 14.2 Å². The van der Waals surface area contributed by atoms with E-state index in [1.165, 1.54) is 11.1 Å². The van der Waals surface area contributed by atoms with Gasteiger partial charge in [-0.05, 0) is 61.6 Å². The molecule has 4 aromatic rings. The van der Waals surface area contributed by atoms with Gasteiger partial charge in [0.05, 0.1) is 17.6 Å². The van der Waals surface area contributed by atoms with Crippen LogP contribution in [-0.4, -0.2) is 28.6 Å². The Hall–Kier alpha value is -3.60. The molecule has 0 saturated carbocycles. The highest BCUT2D eigenvalue weighted by Crippen LogP contribution is 2.35. The first-order valence-electron chi connectivity index (χ1n) is 13.0. The minimum atomic E-state index is 0.0631. The highest BCUT2D eigenvalue weighted by Gasteiger charge is 2.35. The Morgan fingerprint density at radius 2 is 1.81 bits per heavy atom. The van der Waals surface area contributed by atoms with Crippen molar-refractivity contribution in [2.45, 2.75) is 58.9 Å². The zero-order valence-corrected chi connectivity index (χ0v) is 21.7. The van der Waals surface area contributed by atoms with Gasteiger partial charge in [-0.15, -0.1) is 0 Å². The molecule has 5 nitrogen and oxygen atoms in total. The number of fused-ring (bicyclic) bond motifs is 1. The van der Waals surface area contributed by atoms with Crippen LogP contribution in [-0.2, 0) is 11.3 Å². The van der Waals surface area contributed by atoms with Crippen LogP contribution in [0.2, 0.25) is 0 Å². The summed E-state index contributed by atoms with van der Waals surface area (Å²) in [6.07, 6.45) is 1.34. The van der Waals surface area contributed by atoms with Crippen molar-refractivity contribution < 1.29 is 9.53 Å². The van der Waals surface area contributed by atoms with E-state index in [2.05, 4.69) is 86.9 Å². The van der Waals surface area contributed by atoms with Crippen molar-refractivity contribution in [2.24, 2.45) is 0 Å². The summed E-state index contributed by atoms with van der Waals surface area (Å²) < 4.78 is 8.49. The summed E-state index contributed by atoms with van der Waals surface area (Å²) in [6.45, 7) is 10.6. The van der Waals surface area contributed by atoms with Gasteiger partial charge in [0.2, 0.25) is 5.91 Å². The molecule has 1 aliphatic heterocycles. The zero-order valence-electron chi connectivity index (χ0n) is 21.7. The van der Waals surface area contributed by atoms with Crippen molar-refractivity contribution in [3.8, 4) is 5.75 Å². The quantitative estimate of drug-likeness (QED) is 0.261. The third-order valence-electron chi connectivity index (χ3n) is 7.14. The number of rotatable bonds is 8. The molecule has 1 aliphatic rings. The van der Waals surface area contributed by atoms with Crippen molar-refractivity contribution in [3.05, 3.63) is 89.2 Å². The molecule has 0 bridgehead atoms. The van der Waals surface area contributed by atoms with Crippen LogP contribution in [0.1, 0.15) is 61.0 Å². The van der Waals surface area contributed by atoms with Gasteiger partial charge in [0.1, 0.15) is 11.6 Å². The fourth-order valence-corrected chi connectivity index (χ4v) is 5.36. The maximum absolute atomic E-state index is 13.1. The fourth-order valence-electron chi connectivity index (χ4n) is 5.36. The van der Waals surface area contributed by atoms with Crippen molar-refractivity contribution in [1.29, 1.82) is 0 Å². The molecule has 0 N–H and O–H groups in total. The third-order valence-corrected chi connectivity index (χ3v) is 7.14. The number of amides is 1. The molecule has 1 atom stereocenters. The van der Waals surface area contributed by atoms with E-state index in [0.717, 1.165) is 46.8 Å². The molecule has 0 radical (unpaired) electrons. The number of aryl methyl sites for hydroxylation is 3. The van der Waals surface area contributed by atoms with Crippen LogP contribution in [0.4, 0.5) is 5.69 Å². The SMILES string of the molecule is Cc1ccc(N2CC(c3nc4ccccc4n3CCCOc3ccccc3C(C)C)CC2=O)c(C)c1. The van der Waals surface area contributed by atoms with E-state index in [9.17, 15) is 4.79 Å². The number of carbonyl (C=O) groups excluding carboxylic acids is 1. The summed E-state index contributed by atoms with van der Waals surface area (Å²) >= 11 is 0. The van der Waals surface area contributed by atoms with Crippen LogP contribution in [0, 0.1) is 13.8 Å². The number of para-hydroxylation sites is 3. The Balaban J connectivity index is 1.35. The van der Waals surface area contributed by atoms with Crippen LogP contribution in [0.3, 0.4) is 0 Å². The van der Waals surface area contributed by atoms with Gasteiger partial charge in [-0.1, -0.05) is 61.9 Å². The molecule has 1 unspecified atom stereocenters. The van der Waals surface area contributed by atoms with Crippen LogP contribution < -0.4 is 9.64 Å². The molecule has 2 heterocycles. The number of imidazole rings is 1. The molecule has 0 spiro atoms. The predicted molar refractivity (Wildman–Crippen MR) is 146 cm³/mol. The summed E-state index contributed by atoms with van der Waals surface area (Å²) in [5, 5.41) is 0. The lowest BCUT2D eigenvalue weighted by Gasteiger charge is -2.20. The number of hydrogen-bond donors (Lipinski definition) is 0. The number of anilines is 1. The van der Waals surface area contributed by atoms with Gasteiger partial charge >= 0.3 is 0 Å². The van der Waals surface area contributed by atoms with Crippen LogP contribution in [0.15, 0.2) is 66.7 Å². The van der Waals surface area contributed by atoms with Crippen LogP contribution >= 0.6 is 0 Å². The molecule has 1 aromatic heterocycles. The van der Waals surface area contributed by atoms with Crippen molar-refractivity contribution >= 4 is 22.6 Å². The first-order valence-corrected chi connectivity index (χ1v) is 13.0. The zero-order chi connectivity index (χ0) is 25.2. The van der Waals surface area contributed by atoms with Crippen molar-refractivity contribution in [2.75, 3.05) is 18.1 Å². The van der Waals surface area contributed by atoms with Gasteiger partial charge in [0.15, 0.2) is 0 Å². The number of hydrogen-bond acceptors (Lipinski definition) is 3. The lowest BCUT2D eigenvalue weighted by atomic mass is 10.0. The lowest BCUT2D eigenvalue weighted by Crippen LogP contribution is -2.25. The standard InChI is InChI=1S/C31H35N3O2/c1-21(2)25-10-5-8-13-29(25)36-17-9-16-33-28-12-7-6-11-26(28)32-31(33)24-19-30(35)34(20-24)27-15-14-22(3)18-23(27)4/h5-8,10-15,18,21,24H,9,16-17,19-20H2,1-4H3. The van der Waals surface area contributed by atoms with Crippen LogP contribution in [0.25, 0.3) is 11.0 Å². The Bertz CT molecular complexity index is 1390. The number of aromatic nitrogens is 2. The van der Waals surface area contributed by atoms with Crippen molar-refractivity contribution in [3.63, 3.8) is 0 Å². The lowest BCUT2D eigenvalue weighted by molar-refractivity contribution is -0.117. The second-order valence-electron chi connectivity index (χ2n) is 10.2. The third kappa shape index (κ3) is 4.75. The summed E-state index contributed by atoms with van der Waals surface area (Å²) in [5.74, 6) is 2.62. The summed E-state index contributed by atoms with van der Waals surface area (Å²) in [7, 11) is 0. The van der Waals surface area contributed by atoms with Gasteiger partial charge in [0.25, 0.3) is 0 Å². The Morgan fingerprint density at radius 1 is 1.03 bits per heavy atom. The Labute approximate surface area is 213 Å². The van der Waals surface area contributed by atoms with E-state index in [1.54, 1.807) is 0 Å². The highest BCUT2D eigenvalue weighted by molar-refractivity contribution is 5.97. The second-order valence-corrected chi connectivity index (χ2v) is 10.2. The molecule has 186 valence electrons. The molecule has 1 amide bonds. The minimum Gasteiger partial charge on any atom is -0.493 e. The van der Waals surface area contributed by atoms with E-state index in [-0.39, 0.29) is 11.8 Å². The average Bonchev–Trinajstić information content (AvgIpc) is 3.42. The maximum atomic E-state index is 13.1. The highest BCUT2D eigenvalue weighted by atomic mass is 16.5. The fraction of sp³-hybridized carbons (Fsp3) is 0.355. The van der Waals surface area contributed by atoms with E-state index in [0.29, 0.717) is 25.5 Å². The molecule has 36 heavy (non-hydrogen) atoms. The largest absolute Gasteiger partial charge is 0.493 e. The topological polar surface area (TPSA) is 47.4 Å². The van der Waals surface area contributed by atoms with Crippen molar-refractivity contribution in [1.82, 2.24) is 9.55 Å². The first kappa shape index (κ1) is 24.1. The molecular formula is C31H35N3O2. The van der Waals surface area contributed by atoms with Gasteiger partial charge in [0, 0.05) is 31.1 Å². The Kier molecular flexibility index (Phi) is 6.82. The molecule has 5 heteroatoms.